The van der Waals surface area contributed by atoms with E-state index >= 15 is 0 Å². The number of nitrogens with two attached hydrogens (primary N) is 1. The highest BCUT2D eigenvalue weighted by molar-refractivity contribution is 6.34. The molecule has 172 valence electrons. The van der Waals surface area contributed by atoms with Crippen molar-refractivity contribution in [1.82, 2.24) is 0 Å². The maximum absolute atomic E-state index is 13.5. The van der Waals surface area contributed by atoms with Gasteiger partial charge in [-0.3, -0.25) is 9.59 Å². The van der Waals surface area contributed by atoms with Gasteiger partial charge in [-0.25, -0.2) is 0 Å². The molecule has 9 nitrogen and oxygen atoms in total. The van der Waals surface area contributed by atoms with E-state index < -0.39 is 46.0 Å². The number of fused-ring (bicyclic) bond motifs is 3. The number of allylic oxidation sites excluding steroid dienone is 1. The van der Waals surface area contributed by atoms with E-state index in [1.807, 2.05) is 6.07 Å². The summed E-state index contributed by atoms with van der Waals surface area (Å²) in [6.07, 6.45) is 1.42. The zero-order chi connectivity index (χ0) is 23.7. The van der Waals surface area contributed by atoms with Crippen LogP contribution >= 0.6 is 0 Å². The van der Waals surface area contributed by atoms with E-state index in [0.717, 1.165) is 18.4 Å². The SMILES string of the molecule is N=C1C(C(N)=O)=C(O)C[C@@H]2Cc3cc4c(C5CCOCC5)ccc(O)c4c(O)c3C(=O)[C@]12O. The summed E-state index contributed by atoms with van der Waals surface area (Å²) >= 11 is 0. The van der Waals surface area contributed by atoms with Crippen molar-refractivity contribution in [3.8, 4) is 11.5 Å². The van der Waals surface area contributed by atoms with Crippen LogP contribution in [0.4, 0.5) is 0 Å². The first-order valence-electron chi connectivity index (χ1n) is 10.8. The zero-order valence-electron chi connectivity index (χ0n) is 17.7. The van der Waals surface area contributed by atoms with Gasteiger partial charge in [0, 0.05) is 25.6 Å². The maximum Gasteiger partial charge on any atom is 0.254 e. The number of aliphatic hydroxyl groups is 2. The van der Waals surface area contributed by atoms with Crippen LogP contribution in [-0.4, -0.2) is 56.6 Å². The number of benzene rings is 2. The normalized spacial score (nSPS) is 25.8. The molecule has 0 spiro atoms. The number of carbonyl (C=O) groups is 2. The molecular weight excluding hydrogens is 428 g/mol. The summed E-state index contributed by atoms with van der Waals surface area (Å²) in [5.74, 6) is -3.96. The molecular formula is C24H24N2O7. The number of phenolic OH excluding ortho intramolecular Hbond substituents is 2. The lowest BCUT2D eigenvalue weighted by molar-refractivity contribution is -0.114. The van der Waals surface area contributed by atoms with Crippen molar-refractivity contribution in [1.29, 1.82) is 5.41 Å². The van der Waals surface area contributed by atoms with Crippen LogP contribution in [0, 0.1) is 11.3 Å². The van der Waals surface area contributed by atoms with Gasteiger partial charge in [-0.05, 0) is 53.8 Å². The van der Waals surface area contributed by atoms with Crippen LogP contribution in [-0.2, 0) is 16.0 Å². The fraction of sp³-hybridized carbons (Fsp3) is 0.375. The number of carbonyl (C=O) groups excluding carboxylic acids is 2. The van der Waals surface area contributed by atoms with E-state index in [-0.39, 0.29) is 35.5 Å². The first-order valence-corrected chi connectivity index (χ1v) is 10.8. The molecule has 33 heavy (non-hydrogen) atoms. The van der Waals surface area contributed by atoms with Gasteiger partial charge in [-0.15, -0.1) is 0 Å². The monoisotopic (exact) mass is 452 g/mol. The Morgan fingerprint density at radius 3 is 2.52 bits per heavy atom. The van der Waals surface area contributed by atoms with Crippen LogP contribution in [0.25, 0.3) is 10.8 Å². The molecule has 0 unspecified atom stereocenters. The second-order valence-electron chi connectivity index (χ2n) is 9.00. The van der Waals surface area contributed by atoms with Gasteiger partial charge in [0.25, 0.3) is 5.91 Å². The number of phenols is 2. The molecule has 1 heterocycles. The average molecular weight is 452 g/mol. The average Bonchev–Trinajstić information content (AvgIpc) is 2.76. The molecule has 1 amide bonds. The molecule has 3 aliphatic rings. The Morgan fingerprint density at radius 2 is 1.85 bits per heavy atom. The topological polar surface area (TPSA) is 174 Å². The predicted molar refractivity (Wildman–Crippen MR) is 118 cm³/mol. The Bertz CT molecular complexity index is 1280. The molecule has 9 heteroatoms. The minimum Gasteiger partial charge on any atom is -0.511 e. The number of hydrogen-bond acceptors (Lipinski definition) is 8. The Morgan fingerprint density at radius 1 is 1.15 bits per heavy atom. The second kappa shape index (κ2) is 7.29. The van der Waals surface area contributed by atoms with E-state index in [1.165, 1.54) is 6.07 Å². The van der Waals surface area contributed by atoms with Crippen molar-refractivity contribution in [2.75, 3.05) is 13.2 Å². The van der Waals surface area contributed by atoms with E-state index in [2.05, 4.69) is 0 Å². The number of ether oxygens (including phenoxy) is 1. The Balaban J connectivity index is 1.72. The zero-order valence-corrected chi connectivity index (χ0v) is 17.7. The number of amides is 1. The number of hydrogen-bond donors (Lipinski definition) is 6. The van der Waals surface area contributed by atoms with Crippen LogP contribution in [0.5, 0.6) is 11.5 Å². The molecule has 0 aromatic heterocycles. The molecule has 2 aliphatic carbocycles. The molecule has 5 rings (SSSR count). The summed E-state index contributed by atoms with van der Waals surface area (Å²) in [6.45, 7) is 1.21. The van der Waals surface area contributed by atoms with Crippen LogP contribution in [0.2, 0.25) is 0 Å². The van der Waals surface area contributed by atoms with E-state index in [9.17, 15) is 30.0 Å². The second-order valence-corrected chi connectivity index (χ2v) is 9.00. The largest absolute Gasteiger partial charge is 0.511 e. The van der Waals surface area contributed by atoms with Gasteiger partial charge >= 0.3 is 0 Å². The third-order valence-corrected chi connectivity index (χ3v) is 7.27. The van der Waals surface area contributed by atoms with Gasteiger partial charge in [0.1, 0.15) is 22.8 Å². The minimum atomic E-state index is -2.43. The standard InChI is InChI=1S/C24H24N2O7/c25-21-19(23(26)31)16(28)9-12-7-11-8-14-13(10-3-5-33-6-4-10)1-2-15(27)18(14)20(29)17(11)22(30)24(12,21)32/h1-2,8,10,12,25,27-29,32H,3-7,9H2,(H2,26,31)/t12-,24+/m0/s1. The molecule has 2 aromatic rings. The van der Waals surface area contributed by atoms with Crippen molar-refractivity contribution >= 4 is 28.2 Å². The molecule has 7 N–H and O–H groups in total. The number of primary amides is 1. The molecule has 0 saturated carbocycles. The number of nitrogens with one attached hydrogen (secondary N) is 1. The fourth-order valence-corrected chi connectivity index (χ4v) is 5.59. The van der Waals surface area contributed by atoms with Gasteiger partial charge in [-0.1, -0.05) is 6.07 Å². The number of ketones is 1. The summed E-state index contributed by atoms with van der Waals surface area (Å²) in [4.78, 5) is 25.3. The Labute approximate surface area is 188 Å². The van der Waals surface area contributed by atoms with Crippen molar-refractivity contribution in [3.63, 3.8) is 0 Å². The van der Waals surface area contributed by atoms with Crippen molar-refractivity contribution in [3.05, 3.63) is 46.2 Å². The Kier molecular flexibility index (Phi) is 4.73. The molecule has 0 radical (unpaired) electrons. The number of aromatic hydroxyl groups is 2. The van der Waals surface area contributed by atoms with Crippen LogP contribution in [0.1, 0.15) is 46.7 Å². The first kappa shape index (κ1) is 21.4. The summed E-state index contributed by atoms with van der Waals surface area (Å²) in [6, 6.07) is 5.02. The van der Waals surface area contributed by atoms with Crippen LogP contribution < -0.4 is 5.73 Å². The quantitative estimate of drug-likeness (QED) is 0.404. The van der Waals surface area contributed by atoms with E-state index in [1.54, 1.807) is 6.07 Å². The Hall–Kier alpha value is -3.43. The summed E-state index contributed by atoms with van der Waals surface area (Å²) in [5, 5.41) is 52.3. The molecule has 2 aromatic carbocycles. The number of rotatable bonds is 2. The highest BCUT2D eigenvalue weighted by Gasteiger charge is 2.57. The minimum absolute atomic E-state index is 0.0719. The molecule has 0 bridgehead atoms. The molecule has 1 saturated heterocycles. The fourth-order valence-electron chi connectivity index (χ4n) is 5.59. The highest BCUT2D eigenvalue weighted by Crippen LogP contribution is 2.49. The maximum atomic E-state index is 13.5. The summed E-state index contributed by atoms with van der Waals surface area (Å²) in [5.41, 5.74) is 2.65. The molecule has 1 fully saturated rings. The van der Waals surface area contributed by atoms with E-state index in [0.29, 0.717) is 24.2 Å². The molecule has 1 aliphatic heterocycles. The lowest BCUT2D eigenvalue weighted by atomic mass is 9.63. The predicted octanol–water partition coefficient (Wildman–Crippen LogP) is 1.95. The highest BCUT2D eigenvalue weighted by atomic mass is 16.5. The van der Waals surface area contributed by atoms with Gasteiger partial charge < -0.3 is 36.3 Å². The van der Waals surface area contributed by atoms with Gasteiger partial charge in [0.05, 0.1) is 16.7 Å². The van der Waals surface area contributed by atoms with E-state index in [4.69, 9.17) is 15.9 Å². The summed E-state index contributed by atoms with van der Waals surface area (Å²) < 4.78 is 5.45. The number of aliphatic hydroxyl groups excluding tert-OH is 1. The van der Waals surface area contributed by atoms with Gasteiger partial charge in [-0.2, -0.15) is 0 Å². The lowest BCUT2D eigenvalue weighted by Crippen LogP contribution is -2.59. The van der Waals surface area contributed by atoms with Crippen molar-refractivity contribution in [2.24, 2.45) is 11.7 Å². The number of Topliss-reactive ketones (excluding diaryl/α,β-unsaturated/α-hetero) is 1. The van der Waals surface area contributed by atoms with Crippen molar-refractivity contribution in [2.45, 2.75) is 37.2 Å². The smallest absolute Gasteiger partial charge is 0.254 e. The van der Waals surface area contributed by atoms with Gasteiger partial charge in [0.2, 0.25) is 5.78 Å². The summed E-state index contributed by atoms with van der Waals surface area (Å²) in [7, 11) is 0. The third kappa shape index (κ3) is 2.89. The molecule has 2 atom stereocenters. The first-order chi connectivity index (χ1) is 15.7. The van der Waals surface area contributed by atoms with Crippen LogP contribution in [0.3, 0.4) is 0 Å². The van der Waals surface area contributed by atoms with Crippen molar-refractivity contribution < 1.29 is 34.8 Å². The third-order valence-electron chi connectivity index (χ3n) is 7.27. The van der Waals surface area contributed by atoms with Crippen LogP contribution in [0.15, 0.2) is 29.5 Å². The van der Waals surface area contributed by atoms with Gasteiger partial charge in [0.15, 0.2) is 5.60 Å². The lowest BCUT2D eigenvalue weighted by Gasteiger charge is -2.43.